The molecule has 9 heteroatoms. The Bertz CT molecular complexity index is 1100. The van der Waals surface area contributed by atoms with Crippen molar-refractivity contribution in [1.82, 2.24) is 34.4 Å². The molecule has 1 atom stereocenters. The summed E-state index contributed by atoms with van der Waals surface area (Å²) in [5, 5.41) is 3.58. The summed E-state index contributed by atoms with van der Waals surface area (Å²) in [7, 11) is 0. The molecular formula is C21H26N8O. The lowest BCUT2D eigenvalue weighted by molar-refractivity contribution is -0.131. The fourth-order valence-corrected chi connectivity index (χ4v) is 4.18. The maximum atomic E-state index is 12.5. The van der Waals surface area contributed by atoms with Crippen LogP contribution in [0.15, 0.2) is 18.7 Å². The minimum Gasteiger partial charge on any atom is -0.361 e. The number of amides is 1. The van der Waals surface area contributed by atoms with Crippen molar-refractivity contribution in [2.24, 2.45) is 5.92 Å². The van der Waals surface area contributed by atoms with Crippen LogP contribution in [0.4, 0.5) is 5.82 Å². The van der Waals surface area contributed by atoms with E-state index < -0.39 is 0 Å². The van der Waals surface area contributed by atoms with Crippen molar-refractivity contribution in [2.45, 2.75) is 52.1 Å². The van der Waals surface area contributed by atoms with Gasteiger partial charge >= 0.3 is 0 Å². The molecule has 1 amide bonds. The number of fused-ring (bicyclic) bond motifs is 1. The first-order valence-corrected chi connectivity index (χ1v) is 10.5. The van der Waals surface area contributed by atoms with Crippen molar-refractivity contribution in [3.8, 4) is 11.4 Å². The van der Waals surface area contributed by atoms with Gasteiger partial charge in [0.05, 0.1) is 11.1 Å². The van der Waals surface area contributed by atoms with Crippen LogP contribution in [0.1, 0.15) is 38.9 Å². The Morgan fingerprint density at radius 1 is 1.23 bits per heavy atom. The lowest BCUT2D eigenvalue weighted by Gasteiger charge is -2.26. The summed E-state index contributed by atoms with van der Waals surface area (Å²) in [5.41, 5.74) is 2.11. The van der Waals surface area contributed by atoms with Crippen LogP contribution in [-0.4, -0.2) is 58.9 Å². The fraction of sp³-hybridized carbons (Fsp3) is 0.524. The number of nitrogens with zero attached hydrogens (tertiary/aromatic N) is 7. The van der Waals surface area contributed by atoms with E-state index in [1.54, 1.807) is 18.7 Å². The summed E-state index contributed by atoms with van der Waals surface area (Å²) in [4.78, 5) is 36.9. The molecule has 1 saturated heterocycles. The zero-order valence-electron chi connectivity index (χ0n) is 17.6. The number of hydrogen-bond acceptors (Lipinski definition) is 7. The number of aromatic nitrogens is 6. The van der Waals surface area contributed by atoms with Gasteiger partial charge in [-0.3, -0.25) is 4.79 Å². The lowest BCUT2D eigenvalue weighted by atomic mass is 10.0. The molecule has 1 aliphatic heterocycles. The molecule has 2 aliphatic rings. The first-order chi connectivity index (χ1) is 14.5. The third-order valence-electron chi connectivity index (χ3n) is 6.02. The molecule has 1 N–H and O–H groups in total. The highest BCUT2D eigenvalue weighted by Gasteiger charge is 2.41. The van der Waals surface area contributed by atoms with E-state index in [0.29, 0.717) is 18.3 Å². The molecule has 2 fully saturated rings. The number of hydrogen-bond donors (Lipinski definition) is 1. The molecule has 3 aromatic heterocycles. The number of likely N-dealkylation sites (tertiary alicyclic amines) is 1. The third kappa shape index (κ3) is 3.28. The summed E-state index contributed by atoms with van der Waals surface area (Å²) >= 11 is 0. The van der Waals surface area contributed by atoms with Crippen molar-refractivity contribution in [2.75, 3.05) is 18.4 Å². The van der Waals surface area contributed by atoms with Crippen LogP contribution < -0.4 is 5.32 Å². The molecule has 0 radical (unpaired) electrons. The van der Waals surface area contributed by atoms with Crippen LogP contribution in [0.5, 0.6) is 0 Å². The van der Waals surface area contributed by atoms with Crippen LogP contribution in [0.2, 0.25) is 0 Å². The average molecular weight is 406 g/mol. The van der Waals surface area contributed by atoms with Crippen LogP contribution in [-0.2, 0) is 11.3 Å². The van der Waals surface area contributed by atoms with Crippen LogP contribution in [0.25, 0.3) is 22.6 Å². The Hall–Kier alpha value is -3.10. The standard InChI is InChI=1S/C21H26N8O/c1-4-29-18(15-9-22-13(2)23-10-15)26-16-17(24-12-25-19(16)29)27-21(3)7-8-28(11-21)20(30)14-5-6-14/h9-10,12,14H,4-8,11H2,1-3H3,(H,24,25,27). The summed E-state index contributed by atoms with van der Waals surface area (Å²) in [6, 6.07) is 0. The minimum atomic E-state index is -0.241. The predicted octanol–water partition coefficient (Wildman–Crippen LogP) is 2.42. The number of imidazole rings is 1. The Labute approximate surface area is 175 Å². The molecule has 0 aromatic carbocycles. The van der Waals surface area contributed by atoms with Gasteiger partial charge in [0, 0.05) is 37.9 Å². The van der Waals surface area contributed by atoms with Crippen molar-refractivity contribution in [3.05, 3.63) is 24.5 Å². The maximum Gasteiger partial charge on any atom is 0.225 e. The second kappa shape index (κ2) is 7.00. The van der Waals surface area contributed by atoms with Gasteiger partial charge in [0.25, 0.3) is 0 Å². The number of rotatable bonds is 5. The first kappa shape index (κ1) is 18.9. The molecule has 1 unspecified atom stereocenters. The molecule has 0 spiro atoms. The molecule has 156 valence electrons. The Kier molecular flexibility index (Phi) is 4.41. The molecule has 3 aromatic rings. The van der Waals surface area contributed by atoms with Crippen LogP contribution in [0.3, 0.4) is 0 Å². The van der Waals surface area contributed by atoms with Gasteiger partial charge in [-0.1, -0.05) is 0 Å². The van der Waals surface area contributed by atoms with E-state index in [-0.39, 0.29) is 11.5 Å². The predicted molar refractivity (Wildman–Crippen MR) is 113 cm³/mol. The number of anilines is 1. The minimum absolute atomic E-state index is 0.241. The van der Waals surface area contributed by atoms with Gasteiger partial charge in [-0.15, -0.1) is 0 Å². The second-order valence-corrected chi connectivity index (χ2v) is 8.56. The average Bonchev–Trinajstić information content (AvgIpc) is 3.41. The smallest absolute Gasteiger partial charge is 0.225 e. The van der Waals surface area contributed by atoms with E-state index in [1.165, 1.54) is 0 Å². The molecule has 4 heterocycles. The van der Waals surface area contributed by atoms with Crippen LogP contribution >= 0.6 is 0 Å². The highest BCUT2D eigenvalue weighted by Crippen LogP contribution is 2.35. The summed E-state index contributed by atoms with van der Waals surface area (Å²) in [5.74, 6) is 2.74. The Morgan fingerprint density at radius 2 is 2.00 bits per heavy atom. The molecular weight excluding hydrogens is 380 g/mol. The highest BCUT2D eigenvalue weighted by molar-refractivity contribution is 5.87. The van der Waals surface area contributed by atoms with E-state index in [4.69, 9.17) is 4.98 Å². The third-order valence-corrected chi connectivity index (χ3v) is 6.02. The molecule has 0 bridgehead atoms. The van der Waals surface area contributed by atoms with Gasteiger partial charge in [0.1, 0.15) is 18.0 Å². The van der Waals surface area contributed by atoms with E-state index in [0.717, 1.165) is 60.7 Å². The zero-order valence-corrected chi connectivity index (χ0v) is 17.6. The van der Waals surface area contributed by atoms with E-state index in [2.05, 4.69) is 43.7 Å². The molecule has 1 aliphatic carbocycles. The van der Waals surface area contributed by atoms with Gasteiger partial charge in [-0.25, -0.2) is 24.9 Å². The summed E-state index contributed by atoms with van der Waals surface area (Å²) in [6.07, 6.45) is 8.09. The molecule has 1 saturated carbocycles. The van der Waals surface area contributed by atoms with Crippen molar-refractivity contribution >= 4 is 22.9 Å². The van der Waals surface area contributed by atoms with Gasteiger partial charge < -0.3 is 14.8 Å². The van der Waals surface area contributed by atoms with Crippen molar-refractivity contribution in [1.29, 1.82) is 0 Å². The SMILES string of the molecule is CCn1c(-c2cnc(C)nc2)nc2c(NC3(C)CCN(C(=O)C4CC4)C3)ncnc21. The van der Waals surface area contributed by atoms with E-state index in [1.807, 2.05) is 11.8 Å². The Balaban J connectivity index is 1.48. The first-order valence-electron chi connectivity index (χ1n) is 10.5. The van der Waals surface area contributed by atoms with Gasteiger partial charge in [-0.05, 0) is 40.0 Å². The van der Waals surface area contributed by atoms with E-state index >= 15 is 0 Å². The van der Waals surface area contributed by atoms with Crippen molar-refractivity contribution in [3.63, 3.8) is 0 Å². The normalized spacial score (nSPS) is 21.4. The fourth-order valence-electron chi connectivity index (χ4n) is 4.18. The Morgan fingerprint density at radius 3 is 2.70 bits per heavy atom. The van der Waals surface area contributed by atoms with Crippen molar-refractivity contribution < 1.29 is 4.79 Å². The van der Waals surface area contributed by atoms with E-state index in [9.17, 15) is 4.79 Å². The monoisotopic (exact) mass is 406 g/mol. The second-order valence-electron chi connectivity index (χ2n) is 8.56. The number of aryl methyl sites for hydroxylation is 2. The molecule has 5 rings (SSSR count). The maximum absolute atomic E-state index is 12.5. The number of carbonyl (C=O) groups is 1. The largest absolute Gasteiger partial charge is 0.361 e. The molecule has 30 heavy (non-hydrogen) atoms. The number of nitrogens with one attached hydrogen (secondary N) is 1. The lowest BCUT2D eigenvalue weighted by Crippen LogP contribution is -2.40. The van der Waals surface area contributed by atoms with Gasteiger partial charge in [0.2, 0.25) is 5.91 Å². The van der Waals surface area contributed by atoms with Gasteiger partial charge in [0.15, 0.2) is 17.0 Å². The highest BCUT2D eigenvalue weighted by atomic mass is 16.2. The van der Waals surface area contributed by atoms with Crippen LogP contribution in [0, 0.1) is 12.8 Å². The molecule has 9 nitrogen and oxygen atoms in total. The summed E-state index contributed by atoms with van der Waals surface area (Å²) < 4.78 is 2.05. The quantitative estimate of drug-likeness (QED) is 0.694. The topological polar surface area (TPSA) is 102 Å². The number of carbonyl (C=O) groups excluding carboxylic acids is 1. The van der Waals surface area contributed by atoms with Gasteiger partial charge in [-0.2, -0.15) is 0 Å². The zero-order chi connectivity index (χ0) is 20.9. The summed E-state index contributed by atoms with van der Waals surface area (Å²) in [6.45, 7) is 8.25.